The molecule has 0 spiro atoms. The van der Waals surface area contributed by atoms with E-state index in [1.807, 2.05) is 0 Å². The summed E-state index contributed by atoms with van der Waals surface area (Å²) < 4.78 is 20.6. The van der Waals surface area contributed by atoms with E-state index in [1.165, 1.54) is 44.6 Å². The molecule has 1 N–H and O–H groups in total. The number of halogens is 1. The normalized spacial score (nSPS) is 11.8. The second-order valence-electron chi connectivity index (χ2n) is 5.30. The molecule has 1 aromatic carbocycles. The van der Waals surface area contributed by atoms with Crippen LogP contribution in [0.2, 0.25) is 0 Å². The smallest absolute Gasteiger partial charge is 0.331 e. The molecular formula is C16H18FN3O4. The Bertz CT molecular complexity index is 872. The molecule has 24 heavy (non-hydrogen) atoms. The van der Waals surface area contributed by atoms with Crippen LogP contribution in [0, 0.1) is 5.82 Å². The van der Waals surface area contributed by atoms with Crippen LogP contribution in [0.3, 0.4) is 0 Å². The van der Waals surface area contributed by atoms with Crippen molar-refractivity contribution >= 4 is 5.91 Å². The van der Waals surface area contributed by atoms with E-state index in [9.17, 15) is 18.8 Å². The predicted molar refractivity (Wildman–Crippen MR) is 85.5 cm³/mol. The van der Waals surface area contributed by atoms with Crippen molar-refractivity contribution in [2.45, 2.75) is 19.5 Å². The van der Waals surface area contributed by atoms with Gasteiger partial charge >= 0.3 is 5.69 Å². The summed E-state index contributed by atoms with van der Waals surface area (Å²) in [5.41, 5.74) is -0.554. The SMILES string of the molecule is COc1ccc(F)cc1[C@H](C)NC(=O)Cn1ccc(=O)n(C)c1=O. The summed E-state index contributed by atoms with van der Waals surface area (Å²) in [4.78, 5) is 35.4. The van der Waals surface area contributed by atoms with Gasteiger partial charge in [-0.2, -0.15) is 0 Å². The lowest BCUT2D eigenvalue weighted by Crippen LogP contribution is -2.40. The maximum atomic E-state index is 13.4. The van der Waals surface area contributed by atoms with Crippen molar-refractivity contribution in [1.29, 1.82) is 0 Å². The highest BCUT2D eigenvalue weighted by Gasteiger charge is 2.16. The van der Waals surface area contributed by atoms with E-state index in [0.29, 0.717) is 11.3 Å². The first kappa shape index (κ1) is 17.5. The van der Waals surface area contributed by atoms with Gasteiger partial charge in [0, 0.05) is 24.9 Å². The molecule has 7 nitrogen and oxygen atoms in total. The zero-order valence-corrected chi connectivity index (χ0v) is 13.6. The number of carbonyl (C=O) groups excluding carboxylic acids is 1. The molecule has 1 aromatic heterocycles. The minimum absolute atomic E-state index is 0.255. The molecule has 0 unspecified atom stereocenters. The van der Waals surface area contributed by atoms with Crippen molar-refractivity contribution in [3.63, 3.8) is 0 Å². The summed E-state index contributed by atoms with van der Waals surface area (Å²) in [7, 11) is 2.79. The fourth-order valence-electron chi connectivity index (χ4n) is 2.30. The van der Waals surface area contributed by atoms with Crippen LogP contribution in [-0.2, 0) is 18.4 Å². The highest BCUT2D eigenvalue weighted by molar-refractivity contribution is 5.76. The standard InChI is InChI=1S/C16H18FN3O4/c1-10(12-8-11(17)4-5-13(12)24-3)18-14(21)9-20-7-6-15(22)19(2)16(20)23/h4-8,10H,9H2,1-3H3,(H,18,21)/t10-/m0/s1. The van der Waals surface area contributed by atoms with Crippen molar-refractivity contribution in [3.05, 3.63) is 62.7 Å². The maximum Gasteiger partial charge on any atom is 0.331 e. The number of carbonyl (C=O) groups is 1. The fraction of sp³-hybridized carbons (Fsp3) is 0.312. The molecule has 0 saturated carbocycles. The van der Waals surface area contributed by atoms with Gasteiger partial charge in [0.25, 0.3) is 5.56 Å². The van der Waals surface area contributed by atoms with Crippen LogP contribution in [0.15, 0.2) is 40.1 Å². The quantitative estimate of drug-likeness (QED) is 0.866. The topological polar surface area (TPSA) is 82.3 Å². The minimum Gasteiger partial charge on any atom is -0.496 e. The number of rotatable bonds is 5. The van der Waals surface area contributed by atoms with Crippen LogP contribution in [0.25, 0.3) is 0 Å². The zero-order valence-electron chi connectivity index (χ0n) is 13.6. The zero-order chi connectivity index (χ0) is 17.9. The van der Waals surface area contributed by atoms with Crippen LogP contribution in [0.1, 0.15) is 18.5 Å². The minimum atomic E-state index is -0.589. The van der Waals surface area contributed by atoms with E-state index in [2.05, 4.69) is 5.32 Å². The van der Waals surface area contributed by atoms with Gasteiger partial charge in [-0.1, -0.05) is 0 Å². The number of amides is 1. The molecule has 0 radical (unpaired) electrons. The van der Waals surface area contributed by atoms with Crippen molar-refractivity contribution in [2.75, 3.05) is 7.11 Å². The van der Waals surface area contributed by atoms with Crippen molar-refractivity contribution in [3.8, 4) is 5.75 Å². The van der Waals surface area contributed by atoms with Gasteiger partial charge < -0.3 is 10.1 Å². The average molecular weight is 335 g/mol. The first-order chi connectivity index (χ1) is 11.3. The second-order valence-corrected chi connectivity index (χ2v) is 5.30. The molecule has 8 heteroatoms. The number of aromatic nitrogens is 2. The Balaban J connectivity index is 2.16. The number of benzene rings is 1. The van der Waals surface area contributed by atoms with E-state index in [4.69, 9.17) is 4.74 Å². The molecule has 1 atom stereocenters. The van der Waals surface area contributed by atoms with E-state index >= 15 is 0 Å². The first-order valence-corrected chi connectivity index (χ1v) is 7.22. The monoisotopic (exact) mass is 335 g/mol. The number of nitrogens with one attached hydrogen (secondary N) is 1. The Hall–Kier alpha value is -2.90. The van der Waals surface area contributed by atoms with Crippen LogP contribution in [0.5, 0.6) is 5.75 Å². The lowest BCUT2D eigenvalue weighted by Gasteiger charge is -2.18. The Kier molecular flexibility index (Phi) is 5.18. The number of hydrogen-bond acceptors (Lipinski definition) is 4. The van der Waals surface area contributed by atoms with Crippen LogP contribution in [-0.4, -0.2) is 22.2 Å². The van der Waals surface area contributed by atoms with E-state index in [0.717, 1.165) is 9.13 Å². The van der Waals surface area contributed by atoms with Crippen LogP contribution < -0.4 is 21.3 Å². The molecule has 0 saturated heterocycles. The van der Waals surface area contributed by atoms with Crippen LogP contribution in [0.4, 0.5) is 4.39 Å². The number of nitrogens with zero attached hydrogens (tertiary/aromatic N) is 2. The van der Waals surface area contributed by atoms with Gasteiger partial charge in [0.2, 0.25) is 5.91 Å². The highest BCUT2D eigenvalue weighted by atomic mass is 19.1. The Morgan fingerprint density at radius 1 is 1.33 bits per heavy atom. The second kappa shape index (κ2) is 7.12. The molecule has 2 rings (SSSR count). The predicted octanol–water partition coefficient (Wildman–Crippen LogP) is 0.572. The molecular weight excluding hydrogens is 317 g/mol. The largest absolute Gasteiger partial charge is 0.496 e. The summed E-state index contributed by atoms with van der Waals surface area (Å²) in [6.45, 7) is 1.42. The van der Waals surface area contributed by atoms with Gasteiger partial charge in [0.1, 0.15) is 18.1 Å². The highest BCUT2D eigenvalue weighted by Crippen LogP contribution is 2.25. The Labute approximate surface area is 137 Å². The van der Waals surface area contributed by atoms with Crippen molar-refractivity contribution in [2.24, 2.45) is 7.05 Å². The fourth-order valence-corrected chi connectivity index (χ4v) is 2.30. The summed E-state index contributed by atoms with van der Waals surface area (Å²) in [6.07, 6.45) is 1.26. The summed E-state index contributed by atoms with van der Waals surface area (Å²) in [5.74, 6) is -0.445. The third-order valence-electron chi connectivity index (χ3n) is 3.61. The molecule has 128 valence electrons. The average Bonchev–Trinajstić information content (AvgIpc) is 2.55. The summed E-state index contributed by atoms with van der Waals surface area (Å²) in [6, 6.07) is 4.70. The van der Waals surface area contributed by atoms with E-state index in [-0.39, 0.29) is 6.54 Å². The molecule has 1 heterocycles. The lowest BCUT2D eigenvalue weighted by molar-refractivity contribution is -0.122. The van der Waals surface area contributed by atoms with Crippen LogP contribution >= 0.6 is 0 Å². The van der Waals surface area contributed by atoms with E-state index in [1.54, 1.807) is 6.92 Å². The van der Waals surface area contributed by atoms with E-state index < -0.39 is 29.0 Å². The van der Waals surface area contributed by atoms with Crippen molar-refractivity contribution in [1.82, 2.24) is 14.5 Å². The Morgan fingerprint density at radius 2 is 2.04 bits per heavy atom. The molecule has 2 aromatic rings. The third kappa shape index (κ3) is 3.70. The first-order valence-electron chi connectivity index (χ1n) is 7.22. The molecule has 0 bridgehead atoms. The molecule has 0 aliphatic carbocycles. The van der Waals surface area contributed by atoms with Gasteiger partial charge in [-0.15, -0.1) is 0 Å². The van der Waals surface area contributed by atoms with Gasteiger partial charge in [0.05, 0.1) is 13.2 Å². The number of methoxy groups -OCH3 is 1. The molecule has 1 amide bonds. The van der Waals surface area contributed by atoms with Gasteiger partial charge in [-0.05, 0) is 25.1 Å². The molecule has 0 aliphatic rings. The Morgan fingerprint density at radius 3 is 2.71 bits per heavy atom. The third-order valence-corrected chi connectivity index (χ3v) is 3.61. The van der Waals surface area contributed by atoms with Gasteiger partial charge in [-0.25, -0.2) is 9.18 Å². The molecule has 0 fully saturated rings. The summed E-state index contributed by atoms with van der Waals surface area (Å²) in [5, 5.41) is 2.68. The van der Waals surface area contributed by atoms with Gasteiger partial charge in [0.15, 0.2) is 0 Å². The molecule has 0 aliphatic heterocycles. The number of hydrogen-bond donors (Lipinski definition) is 1. The summed E-state index contributed by atoms with van der Waals surface area (Å²) >= 11 is 0. The van der Waals surface area contributed by atoms with Gasteiger partial charge in [-0.3, -0.25) is 18.7 Å². The lowest BCUT2D eigenvalue weighted by atomic mass is 10.1. The maximum absolute atomic E-state index is 13.4. The number of ether oxygens (including phenoxy) is 1. The van der Waals surface area contributed by atoms with Crippen molar-refractivity contribution < 1.29 is 13.9 Å².